The van der Waals surface area contributed by atoms with Crippen LogP contribution in [-0.2, 0) is 13.0 Å². The average molecular weight is 457 g/mol. The number of aromatic nitrogens is 2. The molecule has 0 aromatic carbocycles. The van der Waals surface area contributed by atoms with Crippen LogP contribution in [0.5, 0.6) is 0 Å². The van der Waals surface area contributed by atoms with Gasteiger partial charge < -0.3 is 15.1 Å². The van der Waals surface area contributed by atoms with Gasteiger partial charge in [0.25, 0.3) is 0 Å². The highest BCUT2D eigenvalue weighted by atomic mass is 127. The molecule has 2 N–H and O–H groups in total. The van der Waals surface area contributed by atoms with Gasteiger partial charge in [-0.1, -0.05) is 12.8 Å². The zero-order chi connectivity index (χ0) is 16.6. The van der Waals surface area contributed by atoms with Gasteiger partial charge in [-0.2, -0.15) is 5.10 Å². The molecule has 2 aromatic heterocycles. The van der Waals surface area contributed by atoms with Gasteiger partial charge in [-0.3, -0.25) is 4.68 Å². The molecule has 0 aliphatic heterocycles. The molecular formula is C18H28IN5O. The number of nitrogens with zero attached hydrogens (tertiary/aromatic N) is 3. The van der Waals surface area contributed by atoms with Crippen molar-refractivity contribution in [3.05, 3.63) is 42.1 Å². The fraction of sp³-hybridized carbons (Fsp3) is 0.556. The Morgan fingerprint density at radius 1 is 1.32 bits per heavy atom. The van der Waals surface area contributed by atoms with E-state index in [2.05, 4.69) is 44.6 Å². The second-order valence-corrected chi connectivity index (χ2v) is 6.18. The molecule has 2 aromatic rings. The van der Waals surface area contributed by atoms with E-state index in [4.69, 9.17) is 4.42 Å². The Hall–Kier alpha value is -1.51. The van der Waals surface area contributed by atoms with Gasteiger partial charge in [0.1, 0.15) is 5.76 Å². The van der Waals surface area contributed by atoms with E-state index in [-0.39, 0.29) is 24.0 Å². The first-order chi connectivity index (χ1) is 11.8. The maximum atomic E-state index is 5.34. The highest BCUT2D eigenvalue weighted by Gasteiger charge is 2.17. The summed E-state index contributed by atoms with van der Waals surface area (Å²) < 4.78 is 7.46. The number of hydrogen-bond donors (Lipinski definition) is 2. The van der Waals surface area contributed by atoms with Crippen LogP contribution in [0, 0.1) is 0 Å². The molecule has 1 saturated carbocycles. The van der Waals surface area contributed by atoms with E-state index in [0.717, 1.165) is 36.9 Å². The Bertz CT molecular complexity index is 632. The lowest BCUT2D eigenvalue weighted by Crippen LogP contribution is -2.38. The summed E-state index contributed by atoms with van der Waals surface area (Å²) in [6.45, 7) is 4.29. The van der Waals surface area contributed by atoms with E-state index in [1.54, 1.807) is 6.26 Å². The smallest absolute Gasteiger partial charge is 0.191 e. The Morgan fingerprint density at radius 3 is 2.88 bits per heavy atom. The topological polar surface area (TPSA) is 67.4 Å². The van der Waals surface area contributed by atoms with Crippen LogP contribution in [0.15, 0.2) is 40.1 Å². The summed E-state index contributed by atoms with van der Waals surface area (Å²) >= 11 is 0. The minimum Gasteiger partial charge on any atom is -0.469 e. The van der Waals surface area contributed by atoms with E-state index in [9.17, 15) is 0 Å². The van der Waals surface area contributed by atoms with Gasteiger partial charge in [-0.05, 0) is 38.0 Å². The van der Waals surface area contributed by atoms with Crippen molar-refractivity contribution in [3.63, 3.8) is 0 Å². The van der Waals surface area contributed by atoms with Crippen LogP contribution in [0.3, 0.4) is 0 Å². The maximum Gasteiger partial charge on any atom is 0.191 e. The van der Waals surface area contributed by atoms with Crippen molar-refractivity contribution in [2.45, 2.75) is 51.6 Å². The summed E-state index contributed by atoms with van der Waals surface area (Å²) in [7, 11) is 0. The Morgan fingerprint density at radius 2 is 2.16 bits per heavy atom. The Balaban J connectivity index is 0.00000225. The number of rotatable bonds is 7. The summed E-state index contributed by atoms with van der Waals surface area (Å²) in [5.74, 6) is 1.80. The van der Waals surface area contributed by atoms with E-state index < -0.39 is 0 Å². The number of furan rings is 1. The van der Waals surface area contributed by atoms with Crippen LogP contribution in [0.4, 0.5) is 0 Å². The predicted molar refractivity (Wildman–Crippen MR) is 110 cm³/mol. The highest BCUT2D eigenvalue weighted by molar-refractivity contribution is 14.0. The van der Waals surface area contributed by atoms with E-state index in [1.807, 2.05) is 12.1 Å². The summed E-state index contributed by atoms with van der Waals surface area (Å²) in [5, 5.41) is 11.3. The van der Waals surface area contributed by atoms with Gasteiger partial charge >= 0.3 is 0 Å². The van der Waals surface area contributed by atoms with Gasteiger partial charge in [0.2, 0.25) is 0 Å². The van der Waals surface area contributed by atoms with Crippen LogP contribution in [0.2, 0.25) is 0 Å². The first kappa shape index (κ1) is 19.8. The van der Waals surface area contributed by atoms with E-state index >= 15 is 0 Å². The largest absolute Gasteiger partial charge is 0.469 e. The van der Waals surface area contributed by atoms with Crippen molar-refractivity contribution in [2.75, 3.05) is 13.1 Å². The summed E-state index contributed by atoms with van der Waals surface area (Å²) in [5.41, 5.74) is 1.02. The molecule has 0 bridgehead atoms. The molecule has 3 rings (SSSR count). The third-order valence-corrected chi connectivity index (χ3v) is 4.35. The van der Waals surface area contributed by atoms with Crippen LogP contribution >= 0.6 is 24.0 Å². The van der Waals surface area contributed by atoms with E-state index in [0.29, 0.717) is 12.6 Å². The fourth-order valence-corrected chi connectivity index (χ4v) is 3.09. The first-order valence-electron chi connectivity index (χ1n) is 8.93. The molecule has 0 unspecified atom stereocenters. The molecule has 1 aliphatic carbocycles. The maximum absolute atomic E-state index is 5.34. The van der Waals surface area contributed by atoms with Crippen molar-refractivity contribution >= 4 is 29.9 Å². The monoisotopic (exact) mass is 457 g/mol. The third-order valence-electron chi connectivity index (χ3n) is 4.35. The van der Waals surface area contributed by atoms with Crippen molar-refractivity contribution < 1.29 is 4.42 Å². The second-order valence-electron chi connectivity index (χ2n) is 6.18. The second kappa shape index (κ2) is 10.5. The van der Waals surface area contributed by atoms with Crippen molar-refractivity contribution in [1.82, 2.24) is 20.4 Å². The lowest BCUT2D eigenvalue weighted by atomic mass is 10.3. The zero-order valence-electron chi connectivity index (χ0n) is 14.8. The SMILES string of the molecule is CCNC(=NCc1ccn(C2CCCC2)n1)NCCc1ccco1.I. The lowest BCUT2D eigenvalue weighted by molar-refractivity contribution is 0.463. The van der Waals surface area contributed by atoms with Crippen LogP contribution in [0.1, 0.15) is 50.1 Å². The average Bonchev–Trinajstić information content (AvgIpc) is 3.33. The fourth-order valence-electron chi connectivity index (χ4n) is 3.09. The molecule has 7 heteroatoms. The Kier molecular flexibility index (Phi) is 8.30. The highest BCUT2D eigenvalue weighted by Crippen LogP contribution is 2.28. The van der Waals surface area contributed by atoms with Crippen LogP contribution < -0.4 is 10.6 Å². The molecule has 138 valence electrons. The molecule has 25 heavy (non-hydrogen) atoms. The number of hydrogen-bond acceptors (Lipinski definition) is 3. The standard InChI is InChI=1S/C18H27N5O.HI/c1-2-19-18(20-11-9-17-8-5-13-24-17)21-14-15-10-12-23(22-15)16-6-3-4-7-16;/h5,8,10,12-13,16H,2-4,6-7,9,11,14H2,1H3,(H2,19,20,21);1H. The van der Waals surface area contributed by atoms with Gasteiger partial charge in [0.05, 0.1) is 24.5 Å². The van der Waals surface area contributed by atoms with Gasteiger partial charge in [-0.15, -0.1) is 24.0 Å². The number of halogens is 1. The van der Waals surface area contributed by atoms with E-state index in [1.165, 1.54) is 25.7 Å². The lowest BCUT2D eigenvalue weighted by Gasteiger charge is -2.10. The quantitative estimate of drug-likeness (QED) is 0.380. The third kappa shape index (κ3) is 6.05. The molecule has 2 heterocycles. The molecule has 0 saturated heterocycles. The first-order valence-corrected chi connectivity index (χ1v) is 8.93. The zero-order valence-corrected chi connectivity index (χ0v) is 17.1. The van der Waals surface area contributed by atoms with Crippen molar-refractivity contribution in [1.29, 1.82) is 0 Å². The van der Waals surface area contributed by atoms with Crippen LogP contribution in [0.25, 0.3) is 0 Å². The molecule has 0 radical (unpaired) electrons. The molecule has 6 nitrogen and oxygen atoms in total. The van der Waals surface area contributed by atoms with Crippen LogP contribution in [-0.4, -0.2) is 28.8 Å². The van der Waals surface area contributed by atoms with Crippen molar-refractivity contribution in [2.24, 2.45) is 4.99 Å². The summed E-state index contributed by atoms with van der Waals surface area (Å²) in [6.07, 6.45) is 9.79. The van der Waals surface area contributed by atoms with Gasteiger partial charge in [0.15, 0.2) is 5.96 Å². The van der Waals surface area contributed by atoms with Crippen molar-refractivity contribution in [3.8, 4) is 0 Å². The molecule has 0 spiro atoms. The molecular weight excluding hydrogens is 429 g/mol. The summed E-state index contributed by atoms with van der Waals surface area (Å²) in [6, 6.07) is 6.56. The molecule has 0 atom stereocenters. The molecule has 0 amide bonds. The predicted octanol–water partition coefficient (Wildman–Crippen LogP) is 3.51. The minimum atomic E-state index is 0. The normalized spacial score (nSPS) is 15.2. The molecule has 1 fully saturated rings. The Labute approximate surface area is 166 Å². The minimum absolute atomic E-state index is 0. The number of nitrogens with one attached hydrogen (secondary N) is 2. The molecule has 1 aliphatic rings. The summed E-state index contributed by atoms with van der Waals surface area (Å²) in [4.78, 5) is 4.63. The number of aliphatic imine (C=N–C) groups is 1. The van der Waals surface area contributed by atoms with Gasteiger partial charge in [0, 0.05) is 25.7 Å². The number of guanidine groups is 1. The van der Waals surface area contributed by atoms with Gasteiger partial charge in [-0.25, -0.2) is 4.99 Å².